The topological polar surface area (TPSA) is 60.4 Å². The minimum Gasteiger partial charge on any atom is -0.376 e. The summed E-state index contributed by atoms with van der Waals surface area (Å²) in [6.07, 6.45) is -1.20. The van der Waals surface area contributed by atoms with Crippen molar-refractivity contribution in [2.24, 2.45) is 0 Å². The van der Waals surface area contributed by atoms with Crippen LogP contribution in [0.2, 0.25) is 0 Å². The number of likely N-dealkylation sites (N-methyl/N-ethyl adjacent to an activating group) is 1. The third kappa shape index (κ3) is 2.33. The lowest BCUT2D eigenvalue weighted by molar-refractivity contribution is -0.235. The molecule has 0 saturated carbocycles. The monoisotopic (exact) mass is 247 g/mol. The van der Waals surface area contributed by atoms with Crippen molar-refractivity contribution in [3.8, 4) is 0 Å². The fourth-order valence-electron chi connectivity index (χ4n) is 2.37. The van der Waals surface area contributed by atoms with Gasteiger partial charge in [-0.1, -0.05) is 0 Å². The van der Waals surface area contributed by atoms with Gasteiger partial charge in [-0.25, -0.2) is 0 Å². The molecule has 0 radical (unpaired) electrons. The summed E-state index contributed by atoms with van der Waals surface area (Å²) >= 11 is 0. The van der Waals surface area contributed by atoms with Gasteiger partial charge < -0.3 is 24.2 Å². The van der Waals surface area contributed by atoms with Crippen molar-refractivity contribution in [1.82, 2.24) is 5.06 Å². The third-order valence-corrected chi connectivity index (χ3v) is 3.36. The number of hydrogen-bond acceptors (Lipinski definition) is 6. The van der Waals surface area contributed by atoms with E-state index in [0.29, 0.717) is 0 Å². The molecule has 1 N–H and O–H groups in total. The number of hydrogen-bond donors (Lipinski definition) is 1. The molecule has 6 heteroatoms. The summed E-state index contributed by atoms with van der Waals surface area (Å²) in [6, 6.07) is -0.194. The highest BCUT2D eigenvalue weighted by atomic mass is 16.8. The molecule has 2 rings (SSSR count). The van der Waals surface area contributed by atoms with Crippen molar-refractivity contribution < 1.29 is 24.2 Å². The van der Waals surface area contributed by atoms with Gasteiger partial charge in [-0.05, 0) is 20.8 Å². The maximum absolute atomic E-state index is 9.48. The van der Waals surface area contributed by atoms with Crippen LogP contribution in [0, 0.1) is 0 Å². The molecule has 0 bridgehead atoms. The standard InChI is InChI=1S/C11H21NO5/c1-6(12(4)13)7-8(14-5)9-10(15-7)17-11(2,3)16-9/h6-10,13H,1-5H3. The van der Waals surface area contributed by atoms with Crippen LogP contribution in [-0.4, -0.2) is 60.9 Å². The van der Waals surface area contributed by atoms with Crippen molar-refractivity contribution in [2.75, 3.05) is 14.2 Å². The van der Waals surface area contributed by atoms with Gasteiger partial charge in [0.15, 0.2) is 12.1 Å². The first-order valence-corrected chi connectivity index (χ1v) is 5.81. The van der Waals surface area contributed by atoms with Crippen LogP contribution in [0.4, 0.5) is 0 Å². The molecule has 5 atom stereocenters. The van der Waals surface area contributed by atoms with Crippen LogP contribution < -0.4 is 0 Å². The molecule has 5 unspecified atom stereocenters. The number of nitrogens with zero attached hydrogens (tertiary/aromatic N) is 1. The molecule has 0 amide bonds. The highest BCUT2D eigenvalue weighted by molar-refractivity contribution is 4.97. The Kier molecular flexibility index (Phi) is 3.46. The van der Waals surface area contributed by atoms with Crippen LogP contribution in [0.1, 0.15) is 20.8 Å². The number of hydroxylamine groups is 2. The number of fused-ring (bicyclic) bond motifs is 1. The zero-order valence-electron chi connectivity index (χ0n) is 10.9. The number of ether oxygens (including phenoxy) is 4. The molecule has 2 aliphatic heterocycles. The van der Waals surface area contributed by atoms with Crippen molar-refractivity contribution in [3.63, 3.8) is 0 Å². The van der Waals surface area contributed by atoms with Gasteiger partial charge in [0.2, 0.25) is 0 Å². The highest BCUT2D eigenvalue weighted by Crippen LogP contribution is 2.39. The molecule has 17 heavy (non-hydrogen) atoms. The number of methoxy groups -OCH3 is 1. The fraction of sp³-hybridized carbons (Fsp3) is 1.00. The Morgan fingerprint density at radius 1 is 1.35 bits per heavy atom. The predicted octanol–water partition coefficient (Wildman–Crippen LogP) is 0.587. The molecule has 2 fully saturated rings. The summed E-state index contributed by atoms with van der Waals surface area (Å²) in [5.41, 5.74) is 0. The van der Waals surface area contributed by atoms with Crippen LogP contribution in [0.15, 0.2) is 0 Å². The minimum atomic E-state index is -0.647. The first-order chi connectivity index (χ1) is 7.85. The first-order valence-electron chi connectivity index (χ1n) is 5.81. The summed E-state index contributed by atoms with van der Waals surface area (Å²) in [7, 11) is 3.20. The van der Waals surface area contributed by atoms with Gasteiger partial charge in [0.25, 0.3) is 0 Å². The summed E-state index contributed by atoms with van der Waals surface area (Å²) < 4.78 is 22.6. The summed E-state index contributed by atoms with van der Waals surface area (Å²) in [5.74, 6) is -0.647. The number of rotatable bonds is 3. The Morgan fingerprint density at radius 2 is 2.00 bits per heavy atom. The van der Waals surface area contributed by atoms with E-state index in [2.05, 4.69) is 0 Å². The van der Waals surface area contributed by atoms with Gasteiger partial charge in [0.05, 0.1) is 6.04 Å². The van der Waals surface area contributed by atoms with Gasteiger partial charge in [0.1, 0.15) is 18.3 Å². The van der Waals surface area contributed by atoms with E-state index >= 15 is 0 Å². The molecule has 0 spiro atoms. The van der Waals surface area contributed by atoms with Crippen LogP contribution in [0.25, 0.3) is 0 Å². The Morgan fingerprint density at radius 3 is 2.53 bits per heavy atom. The molecule has 0 aromatic rings. The highest BCUT2D eigenvalue weighted by Gasteiger charge is 2.56. The zero-order valence-corrected chi connectivity index (χ0v) is 10.9. The van der Waals surface area contributed by atoms with Gasteiger partial charge in [-0.2, -0.15) is 5.06 Å². The average Bonchev–Trinajstić information content (AvgIpc) is 2.67. The van der Waals surface area contributed by atoms with Crippen LogP contribution in [0.5, 0.6) is 0 Å². The first kappa shape index (κ1) is 13.2. The fourth-order valence-corrected chi connectivity index (χ4v) is 2.37. The quantitative estimate of drug-likeness (QED) is 0.736. The largest absolute Gasteiger partial charge is 0.376 e. The van der Waals surface area contributed by atoms with Crippen LogP contribution >= 0.6 is 0 Å². The van der Waals surface area contributed by atoms with Gasteiger partial charge >= 0.3 is 0 Å². The van der Waals surface area contributed by atoms with Crippen LogP contribution in [-0.2, 0) is 18.9 Å². The van der Waals surface area contributed by atoms with Gasteiger partial charge in [0, 0.05) is 14.2 Å². The van der Waals surface area contributed by atoms with Gasteiger partial charge in [-0.15, -0.1) is 0 Å². The van der Waals surface area contributed by atoms with E-state index in [0.717, 1.165) is 5.06 Å². The predicted molar refractivity (Wildman–Crippen MR) is 58.5 cm³/mol. The van der Waals surface area contributed by atoms with Crippen molar-refractivity contribution in [3.05, 3.63) is 0 Å². The van der Waals surface area contributed by atoms with E-state index < -0.39 is 12.1 Å². The average molecular weight is 247 g/mol. The van der Waals surface area contributed by atoms with Crippen molar-refractivity contribution in [2.45, 2.75) is 57.2 Å². The molecule has 100 valence electrons. The van der Waals surface area contributed by atoms with Crippen molar-refractivity contribution >= 4 is 0 Å². The zero-order chi connectivity index (χ0) is 12.8. The molecule has 0 aliphatic carbocycles. The smallest absolute Gasteiger partial charge is 0.190 e. The summed E-state index contributed by atoms with van der Waals surface area (Å²) in [5, 5.41) is 10.6. The van der Waals surface area contributed by atoms with Crippen molar-refractivity contribution in [1.29, 1.82) is 0 Å². The Hall–Kier alpha value is -0.240. The molecular weight excluding hydrogens is 226 g/mol. The van der Waals surface area contributed by atoms with E-state index in [9.17, 15) is 5.21 Å². The normalized spacial score (nSPS) is 41.8. The summed E-state index contributed by atoms with van der Waals surface area (Å²) in [6.45, 7) is 5.55. The molecule has 2 aliphatic rings. The molecular formula is C11H21NO5. The maximum Gasteiger partial charge on any atom is 0.190 e. The lowest BCUT2D eigenvalue weighted by Gasteiger charge is -2.30. The lowest BCUT2D eigenvalue weighted by atomic mass is 10.0. The molecule has 0 aromatic heterocycles. The molecule has 0 aromatic carbocycles. The Balaban J connectivity index is 2.10. The SMILES string of the molecule is COC1C2OC(C)(C)OC2OC1C(C)N(C)O. The van der Waals surface area contributed by atoms with E-state index in [4.69, 9.17) is 18.9 Å². The lowest BCUT2D eigenvalue weighted by Crippen LogP contribution is -2.46. The van der Waals surface area contributed by atoms with E-state index in [1.165, 1.54) is 0 Å². The third-order valence-electron chi connectivity index (χ3n) is 3.36. The minimum absolute atomic E-state index is 0.194. The van der Waals surface area contributed by atoms with E-state index in [-0.39, 0.29) is 24.4 Å². The molecule has 6 nitrogen and oxygen atoms in total. The molecule has 2 saturated heterocycles. The Labute approximate surface area is 101 Å². The molecule has 2 heterocycles. The Bertz CT molecular complexity index is 283. The second-order valence-corrected chi connectivity index (χ2v) is 5.08. The summed E-state index contributed by atoms with van der Waals surface area (Å²) in [4.78, 5) is 0. The maximum atomic E-state index is 9.48. The van der Waals surface area contributed by atoms with E-state index in [1.807, 2.05) is 20.8 Å². The second kappa shape index (κ2) is 4.46. The second-order valence-electron chi connectivity index (χ2n) is 5.08. The van der Waals surface area contributed by atoms with Gasteiger partial charge in [-0.3, -0.25) is 0 Å². The van der Waals surface area contributed by atoms with Crippen LogP contribution in [0.3, 0.4) is 0 Å². The van der Waals surface area contributed by atoms with E-state index in [1.54, 1.807) is 14.2 Å².